The van der Waals surface area contributed by atoms with Crippen LogP contribution in [0.5, 0.6) is 0 Å². The molecule has 6 heteroatoms. The van der Waals surface area contributed by atoms with Crippen LogP contribution in [0.3, 0.4) is 0 Å². The van der Waals surface area contributed by atoms with Crippen LogP contribution in [0.2, 0.25) is 0 Å². The molecule has 0 saturated heterocycles. The summed E-state index contributed by atoms with van der Waals surface area (Å²) in [7, 11) is 1.74. The van der Waals surface area contributed by atoms with Gasteiger partial charge in [0.15, 0.2) is 11.6 Å². The molecule has 0 spiro atoms. The first kappa shape index (κ1) is 17.1. The summed E-state index contributed by atoms with van der Waals surface area (Å²) in [6.07, 6.45) is 3.42. The number of anilines is 1. The number of hydrogen-bond acceptors (Lipinski definition) is 5. The zero-order chi connectivity index (χ0) is 19.0. The summed E-state index contributed by atoms with van der Waals surface area (Å²) >= 11 is 0. The Hall–Kier alpha value is -3.38. The predicted molar refractivity (Wildman–Crippen MR) is 105 cm³/mol. The van der Waals surface area contributed by atoms with E-state index in [0.29, 0.717) is 11.6 Å². The average Bonchev–Trinajstić information content (AvgIpc) is 2.68. The van der Waals surface area contributed by atoms with Gasteiger partial charge >= 0.3 is 0 Å². The Labute approximate surface area is 156 Å². The zero-order valence-corrected chi connectivity index (χ0v) is 15.0. The molecule has 2 aromatic heterocycles. The summed E-state index contributed by atoms with van der Waals surface area (Å²) in [6, 6.07) is 14.1. The highest BCUT2D eigenvalue weighted by Crippen LogP contribution is 2.34. The monoisotopic (exact) mass is 359 g/mol. The number of hydrazine groups is 1. The second kappa shape index (κ2) is 6.74. The van der Waals surface area contributed by atoms with Crippen LogP contribution in [0, 0.1) is 12.7 Å². The number of nitrogens with two attached hydrogens (primary N) is 1. The molecular weight excluding hydrogens is 341 g/mol. The van der Waals surface area contributed by atoms with Gasteiger partial charge in [0.1, 0.15) is 5.82 Å². The lowest BCUT2D eigenvalue weighted by molar-refractivity contribution is 0.628. The second-order valence-corrected chi connectivity index (χ2v) is 6.37. The van der Waals surface area contributed by atoms with Crippen LogP contribution >= 0.6 is 0 Å². The Bertz CT molecular complexity index is 1130. The van der Waals surface area contributed by atoms with Gasteiger partial charge in [-0.1, -0.05) is 18.2 Å². The zero-order valence-electron chi connectivity index (χ0n) is 15.0. The van der Waals surface area contributed by atoms with Crippen LogP contribution < -0.4 is 10.9 Å². The molecule has 5 nitrogen and oxygen atoms in total. The normalized spacial score (nSPS) is 11.0. The molecule has 2 aromatic carbocycles. The molecule has 4 rings (SSSR count). The molecule has 0 bridgehead atoms. The van der Waals surface area contributed by atoms with Gasteiger partial charge in [-0.2, -0.15) is 0 Å². The van der Waals surface area contributed by atoms with Crippen molar-refractivity contribution >= 4 is 16.7 Å². The molecule has 2 heterocycles. The van der Waals surface area contributed by atoms with Crippen molar-refractivity contribution in [1.82, 2.24) is 15.0 Å². The van der Waals surface area contributed by atoms with E-state index in [1.807, 2.05) is 37.3 Å². The molecule has 0 aliphatic heterocycles. The number of halogens is 1. The number of hydrogen-bond donors (Lipinski definition) is 1. The van der Waals surface area contributed by atoms with E-state index in [2.05, 4.69) is 9.97 Å². The Kier molecular flexibility index (Phi) is 4.25. The van der Waals surface area contributed by atoms with Crippen molar-refractivity contribution in [2.24, 2.45) is 5.84 Å². The van der Waals surface area contributed by atoms with Crippen LogP contribution in [0.25, 0.3) is 33.4 Å². The molecule has 0 atom stereocenters. The van der Waals surface area contributed by atoms with Crippen LogP contribution in [0.15, 0.2) is 60.9 Å². The molecule has 0 amide bonds. The molecule has 0 saturated carbocycles. The lowest BCUT2D eigenvalue weighted by atomic mass is 9.97. The maximum atomic E-state index is 13.7. The van der Waals surface area contributed by atoms with Gasteiger partial charge in [0.05, 0.1) is 5.52 Å². The van der Waals surface area contributed by atoms with Crippen molar-refractivity contribution in [3.05, 3.63) is 72.3 Å². The van der Waals surface area contributed by atoms with Gasteiger partial charge in [0.25, 0.3) is 0 Å². The van der Waals surface area contributed by atoms with E-state index < -0.39 is 0 Å². The van der Waals surface area contributed by atoms with E-state index in [9.17, 15) is 4.39 Å². The third kappa shape index (κ3) is 3.11. The molecule has 0 unspecified atom stereocenters. The van der Waals surface area contributed by atoms with Gasteiger partial charge < -0.3 is 0 Å². The van der Waals surface area contributed by atoms with Gasteiger partial charge in [-0.25, -0.2) is 20.2 Å². The first-order valence-corrected chi connectivity index (χ1v) is 8.50. The van der Waals surface area contributed by atoms with Crippen molar-refractivity contribution in [2.75, 3.05) is 12.1 Å². The Morgan fingerprint density at radius 1 is 1.00 bits per heavy atom. The minimum atomic E-state index is -0.272. The topological polar surface area (TPSA) is 67.9 Å². The Morgan fingerprint density at radius 2 is 1.81 bits per heavy atom. The first-order chi connectivity index (χ1) is 13.0. The molecule has 0 fully saturated rings. The number of nitrogens with zero attached hydrogens (tertiary/aromatic N) is 4. The summed E-state index contributed by atoms with van der Waals surface area (Å²) < 4.78 is 13.7. The van der Waals surface area contributed by atoms with Crippen LogP contribution in [0.1, 0.15) is 5.56 Å². The third-order valence-electron chi connectivity index (χ3n) is 4.49. The van der Waals surface area contributed by atoms with Crippen molar-refractivity contribution in [1.29, 1.82) is 0 Å². The summed E-state index contributed by atoms with van der Waals surface area (Å²) in [5.41, 5.74) is 4.26. The van der Waals surface area contributed by atoms with Crippen LogP contribution in [0.4, 0.5) is 10.2 Å². The van der Waals surface area contributed by atoms with Gasteiger partial charge in [-0.15, -0.1) is 0 Å². The second-order valence-electron chi connectivity index (χ2n) is 6.37. The van der Waals surface area contributed by atoms with E-state index in [-0.39, 0.29) is 5.82 Å². The smallest absolute Gasteiger partial charge is 0.163 e. The Morgan fingerprint density at radius 3 is 2.52 bits per heavy atom. The molecule has 2 N–H and O–H groups in total. The highest BCUT2D eigenvalue weighted by Gasteiger charge is 2.16. The number of pyridine rings is 1. The molecule has 27 heavy (non-hydrogen) atoms. The fourth-order valence-corrected chi connectivity index (χ4v) is 3.22. The molecule has 4 aromatic rings. The van der Waals surface area contributed by atoms with E-state index >= 15 is 0 Å². The minimum Gasteiger partial charge on any atom is -0.297 e. The van der Waals surface area contributed by atoms with Crippen molar-refractivity contribution in [3.63, 3.8) is 0 Å². The summed E-state index contributed by atoms with van der Waals surface area (Å²) in [6.45, 7) is 1.97. The average molecular weight is 359 g/mol. The first-order valence-electron chi connectivity index (χ1n) is 8.50. The standard InChI is InChI=1S/C21H18FN5/c1-13-17(14-5-3-7-16(22)11-14)8-9-18-19(13)21(27(2)23)26-20(25-18)15-6-4-10-24-12-15/h3-12H,23H2,1-2H3. The largest absolute Gasteiger partial charge is 0.297 e. The van der Waals surface area contributed by atoms with Gasteiger partial charge in [-0.05, 0) is 53.9 Å². The number of benzene rings is 2. The number of rotatable bonds is 3. The number of aryl methyl sites for hydroxylation is 1. The SMILES string of the molecule is Cc1c(-c2cccc(F)c2)ccc2nc(-c3cccnc3)nc(N(C)N)c12. The number of fused-ring (bicyclic) bond motifs is 1. The molecule has 0 aliphatic rings. The quantitative estimate of drug-likeness (QED) is 0.440. The minimum absolute atomic E-state index is 0.272. The van der Waals surface area contributed by atoms with E-state index in [1.165, 1.54) is 17.1 Å². The molecule has 134 valence electrons. The summed E-state index contributed by atoms with van der Waals surface area (Å²) in [4.78, 5) is 13.5. The molecule has 0 radical (unpaired) electrons. The maximum Gasteiger partial charge on any atom is 0.163 e. The fourth-order valence-electron chi connectivity index (χ4n) is 3.22. The maximum absolute atomic E-state index is 13.7. The van der Waals surface area contributed by atoms with Crippen molar-refractivity contribution in [3.8, 4) is 22.5 Å². The fraction of sp³-hybridized carbons (Fsp3) is 0.0952. The summed E-state index contributed by atoms with van der Waals surface area (Å²) in [5.74, 6) is 6.97. The van der Waals surface area contributed by atoms with E-state index in [1.54, 1.807) is 25.5 Å². The third-order valence-corrected chi connectivity index (χ3v) is 4.49. The lowest BCUT2D eigenvalue weighted by Crippen LogP contribution is -2.27. The lowest BCUT2D eigenvalue weighted by Gasteiger charge is -2.18. The van der Waals surface area contributed by atoms with Crippen molar-refractivity contribution < 1.29 is 4.39 Å². The Balaban J connectivity index is 1.98. The van der Waals surface area contributed by atoms with Gasteiger partial charge in [0, 0.05) is 30.4 Å². The molecular formula is C21H18FN5. The van der Waals surface area contributed by atoms with Crippen LogP contribution in [-0.2, 0) is 0 Å². The molecule has 0 aliphatic carbocycles. The van der Waals surface area contributed by atoms with Gasteiger partial charge in [-0.3, -0.25) is 9.99 Å². The van der Waals surface area contributed by atoms with Gasteiger partial charge in [0.2, 0.25) is 0 Å². The highest BCUT2D eigenvalue weighted by molar-refractivity contribution is 5.97. The number of aromatic nitrogens is 3. The van der Waals surface area contributed by atoms with Crippen molar-refractivity contribution in [2.45, 2.75) is 6.92 Å². The van der Waals surface area contributed by atoms with E-state index in [0.717, 1.165) is 33.2 Å². The van der Waals surface area contributed by atoms with Crippen LogP contribution in [-0.4, -0.2) is 22.0 Å². The highest BCUT2D eigenvalue weighted by atomic mass is 19.1. The summed E-state index contributed by atoms with van der Waals surface area (Å²) in [5, 5.41) is 2.32. The predicted octanol–water partition coefficient (Wildman–Crippen LogP) is 4.12. The van der Waals surface area contributed by atoms with E-state index in [4.69, 9.17) is 10.8 Å².